The quantitative estimate of drug-likeness (QED) is 0.500. The van der Waals surface area contributed by atoms with Crippen molar-refractivity contribution in [2.75, 3.05) is 33.0 Å². The molecule has 1 saturated heterocycles. The highest BCUT2D eigenvalue weighted by Crippen LogP contribution is 2.33. The van der Waals surface area contributed by atoms with E-state index in [1.807, 2.05) is 65.3 Å². The van der Waals surface area contributed by atoms with E-state index in [2.05, 4.69) is 10.00 Å². The third-order valence-corrected chi connectivity index (χ3v) is 6.15. The zero-order valence-electron chi connectivity index (χ0n) is 17.8. The normalized spacial score (nSPS) is 16.8. The molecule has 6 heteroatoms. The molecule has 1 aromatic heterocycles. The van der Waals surface area contributed by atoms with Crippen LogP contribution in [0.25, 0.3) is 16.6 Å². The van der Waals surface area contributed by atoms with Crippen molar-refractivity contribution in [1.82, 2.24) is 14.7 Å². The summed E-state index contributed by atoms with van der Waals surface area (Å²) in [4.78, 5) is 2.31. The number of hydrogen-bond acceptors (Lipinski definition) is 4. The lowest BCUT2D eigenvalue weighted by Crippen LogP contribution is -2.36. The van der Waals surface area contributed by atoms with E-state index in [-0.39, 0.29) is 0 Å². The summed E-state index contributed by atoms with van der Waals surface area (Å²) >= 11 is 0. The molecule has 2 heterocycles. The van der Waals surface area contributed by atoms with Crippen molar-refractivity contribution in [3.05, 3.63) is 95.7 Å². The maximum atomic E-state index is 14.4. The minimum Gasteiger partial charge on any atom is -0.379 e. The first kappa shape index (κ1) is 20.8. The fraction of sp³-hybridized carbons (Fsp3) is 0.269. The van der Waals surface area contributed by atoms with E-state index in [9.17, 15) is 9.50 Å². The van der Waals surface area contributed by atoms with Crippen LogP contribution in [0.3, 0.4) is 0 Å². The van der Waals surface area contributed by atoms with Gasteiger partial charge in [0.25, 0.3) is 0 Å². The number of ether oxygens (including phenoxy) is 1. The highest BCUT2D eigenvalue weighted by atomic mass is 19.1. The summed E-state index contributed by atoms with van der Waals surface area (Å²) in [6.45, 7) is 3.05. The Labute approximate surface area is 186 Å². The van der Waals surface area contributed by atoms with Crippen LogP contribution < -0.4 is 0 Å². The molecule has 1 N–H and O–H groups in total. The number of para-hydroxylation sites is 1. The van der Waals surface area contributed by atoms with Crippen LogP contribution in [0.15, 0.2) is 79.0 Å². The van der Waals surface area contributed by atoms with Crippen molar-refractivity contribution in [2.24, 2.45) is 0 Å². The van der Waals surface area contributed by atoms with Crippen molar-refractivity contribution >= 4 is 10.9 Å². The molecular formula is C26H26FN3O2. The van der Waals surface area contributed by atoms with Gasteiger partial charge in [-0.25, -0.2) is 9.07 Å². The Morgan fingerprint density at radius 1 is 0.938 bits per heavy atom. The Kier molecular flexibility index (Phi) is 5.74. The maximum absolute atomic E-state index is 14.4. The van der Waals surface area contributed by atoms with E-state index in [0.717, 1.165) is 55.0 Å². The van der Waals surface area contributed by atoms with Gasteiger partial charge in [-0.3, -0.25) is 4.90 Å². The fourth-order valence-electron chi connectivity index (χ4n) is 4.33. The molecule has 0 aliphatic carbocycles. The zero-order chi connectivity index (χ0) is 22.0. The van der Waals surface area contributed by atoms with Crippen LogP contribution in [0, 0.1) is 0 Å². The van der Waals surface area contributed by atoms with Crippen molar-refractivity contribution in [1.29, 1.82) is 0 Å². The van der Waals surface area contributed by atoms with Gasteiger partial charge in [0.2, 0.25) is 0 Å². The van der Waals surface area contributed by atoms with Crippen LogP contribution in [0.1, 0.15) is 16.7 Å². The second-order valence-corrected chi connectivity index (χ2v) is 8.25. The minimum atomic E-state index is -1.72. The highest BCUT2D eigenvalue weighted by Gasteiger charge is 2.32. The molecule has 0 spiro atoms. The molecule has 0 bridgehead atoms. The summed E-state index contributed by atoms with van der Waals surface area (Å²) in [5.74, 6) is 0. The zero-order valence-corrected chi connectivity index (χ0v) is 17.8. The maximum Gasteiger partial charge on any atom is 0.143 e. The molecule has 3 aromatic carbocycles. The van der Waals surface area contributed by atoms with E-state index < -0.39 is 12.3 Å². The van der Waals surface area contributed by atoms with Crippen molar-refractivity contribution < 1.29 is 14.2 Å². The lowest BCUT2D eigenvalue weighted by atomic mass is 9.86. The van der Waals surface area contributed by atoms with Crippen LogP contribution >= 0.6 is 0 Å². The van der Waals surface area contributed by atoms with E-state index in [1.54, 1.807) is 18.3 Å². The highest BCUT2D eigenvalue weighted by molar-refractivity contribution is 5.81. The summed E-state index contributed by atoms with van der Waals surface area (Å²) < 4.78 is 21.6. The molecule has 1 aliphatic rings. The number of halogens is 1. The minimum absolute atomic E-state index is 0.517. The first-order valence-corrected chi connectivity index (χ1v) is 10.9. The number of alkyl halides is 1. The lowest BCUT2D eigenvalue weighted by molar-refractivity contribution is 0.0338. The van der Waals surface area contributed by atoms with Crippen LogP contribution in [0.5, 0.6) is 0 Å². The summed E-state index contributed by atoms with van der Waals surface area (Å²) in [6, 6.07) is 23.0. The van der Waals surface area contributed by atoms with Crippen molar-refractivity contribution in [2.45, 2.75) is 12.1 Å². The van der Waals surface area contributed by atoms with Crippen LogP contribution in [0.2, 0.25) is 0 Å². The van der Waals surface area contributed by atoms with Crippen LogP contribution in [-0.2, 0) is 16.9 Å². The molecule has 1 atom stereocenters. The lowest BCUT2D eigenvalue weighted by Gasteiger charge is -2.29. The van der Waals surface area contributed by atoms with Gasteiger partial charge in [-0.15, -0.1) is 0 Å². The summed E-state index contributed by atoms with van der Waals surface area (Å²) in [7, 11) is 0. The van der Waals surface area contributed by atoms with Gasteiger partial charge in [-0.2, -0.15) is 5.10 Å². The number of hydrogen-bond donors (Lipinski definition) is 1. The summed E-state index contributed by atoms with van der Waals surface area (Å²) in [5.41, 5.74) is 2.26. The van der Waals surface area contributed by atoms with Gasteiger partial charge in [-0.05, 0) is 41.0 Å². The van der Waals surface area contributed by atoms with Crippen molar-refractivity contribution in [3.8, 4) is 5.69 Å². The number of morpholine rings is 1. The molecular weight excluding hydrogens is 405 g/mol. The number of nitrogens with zero attached hydrogens (tertiary/aromatic N) is 3. The van der Waals surface area contributed by atoms with E-state index in [4.69, 9.17) is 4.74 Å². The van der Waals surface area contributed by atoms with Gasteiger partial charge >= 0.3 is 0 Å². The van der Waals surface area contributed by atoms with Gasteiger partial charge in [0.15, 0.2) is 0 Å². The SMILES string of the molecule is OC(CF)(c1cccc(CN2CCOCC2)c1)c1ccc2c(cnn2-c2ccccc2)c1. The Hall–Kier alpha value is -3.06. The largest absolute Gasteiger partial charge is 0.379 e. The Morgan fingerprint density at radius 3 is 2.50 bits per heavy atom. The van der Waals surface area contributed by atoms with Gasteiger partial charge < -0.3 is 9.84 Å². The number of aromatic nitrogens is 2. The fourth-order valence-corrected chi connectivity index (χ4v) is 4.33. The molecule has 1 aliphatic heterocycles. The number of fused-ring (bicyclic) bond motifs is 1. The van der Waals surface area contributed by atoms with Crippen molar-refractivity contribution in [3.63, 3.8) is 0 Å². The van der Waals surface area contributed by atoms with Crippen LogP contribution in [0.4, 0.5) is 4.39 Å². The first-order valence-electron chi connectivity index (χ1n) is 10.9. The predicted molar refractivity (Wildman–Crippen MR) is 123 cm³/mol. The van der Waals surface area contributed by atoms with Crippen LogP contribution in [-0.4, -0.2) is 52.8 Å². The summed E-state index contributed by atoms with van der Waals surface area (Å²) in [6.07, 6.45) is 1.75. The second-order valence-electron chi connectivity index (χ2n) is 8.25. The van der Waals surface area contributed by atoms with E-state index in [1.165, 1.54) is 0 Å². The Morgan fingerprint density at radius 2 is 1.72 bits per heavy atom. The summed E-state index contributed by atoms with van der Waals surface area (Å²) in [5, 5.41) is 16.8. The molecule has 5 rings (SSSR count). The first-order chi connectivity index (χ1) is 15.7. The average molecular weight is 432 g/mol. The Bertz CT molecular complexity index is 1200. The topological polar surface area (TPSA) is 50.5 Å². The molecule has 5 nitrogen and oxygen atoms in total. The smallest absolute Gasteiger partial charge is 0.143 e. The van der Waals surface area contributed by atoms with E-state index >= 15 is 0 Å². The number of rotatable bonds is 6. The predicted octanol–water partition coefficient (Wildman–Crippen LogP) is 4.06. The third kappa shape index (κ3) is 3.93. The van der Waals surface area contributed by atoms with Gasteiger partial charge in [0, 0.05) is 25.0 Å². The molecule has 1 unspecified atom stereocenters. The van der Waals surface area contributed by atoms with Gasteiger partial charge in [0.1, 0.15) is 12.3 Å². The Balaban J connectivity index is 1.47. The monoisotopic (exact) mass is 431 g/mol. The molecule has 32 heavy (non-hydrogen) atoms. The average Bonchev–Trinajstić information content (AvgIpc) is 3.28. The second kappa shape index (κ2) is 8.82. The van der Waals surface area contributed by atoms with Gasteiger partial charge in [0.05, 0.1) is 30.6 Å². The molecule has 0 amide bonds. The number of benzene rings is 3. The number of aliphatic hydroxyl groups is 1. The van der Waals surface area contributed by atoms with E-state index in [0.29, 0.717) is 11.1 Å². The molecule has 0 saturated carbocycles. The standard InChI is InChI=1S/C26H26FN3O2/c27-19-26(31,22-6-4-5-20(15-22)18-29-11-13-32-14-12-29)23-9-10-25-21(16-23)17-28-30(25)24-7-2-1-3-8-24/h1-10,15-17,31H,11-14,18-19H2. The molecule has 164 valence electrons. The van der Waals surface area contributed by atoms with Gasteiger partial charge in [-0.1, -0.05) is 48.5 Å². The molecule has 0 radical (unpaired) electrons. The molecule has 4 aromatic rings. The third-order valence-electron chi connectivity index (χ3n) is 6.15. The molecule has 1 fully saturated rings.